The van der Waals surface area contributed by atoms with Crippen molar-refractivity contribution in [2.75, 3.05) is 5.32 Å². The van der Waals surface area contributed by atoms with E-state index in [2.05, 4.69) is 53.4 Å². The molecule has 3 aromatic rings. The molecule has 3 N–H and O–H groups in total. The third-order valence-corrected chi connectivity index (χ3v) is 4.70. The number of guanidine groups is 1. The summed E-state index contributed by atoms with van der Waals surface area (Å²) in [5, 5.41) is 6.15. The number of hydrogen-bond acceptors (Lipinski definition) is 3. The van der Waals surface area contributed by atoms with Crippen molar-refractivity contribution >= 4 is 47.0 Å². The van der Waals surface area contributed by atoms with Crippen molar-refractivity contribution in [3.8, 4) is 10.6 Å². The van der Waals surface area contributed by atoms with Gasteiger partial charge < -0.3 is 11.1 Å². The largest absolute Gasteiger partial charge is 0.370 e. The summed E-state index contributed by atoms with van der Waals surface area (Å²) < 4.78 is 0. The molecule has 4 nitrogen and oxygen atoms in total. The van der Waals surface area contributed by atoms with E-state index in [0.29, 0.717) is 12.5 Å². The fraction of sp³-hybridized carbons (Fsp3) is 0.158. The highest BCUT2D eigenvalue weighted by atomic mass is 127. The Morgan fingerprint density at radius 3 is 2.60 bits per heavy atom. The summed E-state index contributed by atoms with van der Waals surface area (Å²) >= 11 is 1.62. The topological polar surface area (TPSA) is 63.3 Å². The molecule has 3 rings (SSSR count). The number of aromatic nitrogens is 1. The summed E-state index contributed by atoms with van der Waals surface area (Å²) in [5.74, 6) is 0.396. The van der Waals surface area contributed by atoms with Crippen LogP contribution in [0, 0.1) is 13.8 Å². The lowest BCUT2D eigenvalue weighted by molar-refractivity contribution is 1.01. The Bertz CT molecular complexity index is 859. The summed E-state index contributed by atoms with van der Waals surface area (Å²) in [7, 11) is 0. The first-order chi connectivity index (χ1) is 11.6. The fourth-order valence-electron chi connectivity index (χ4n) is 2.27. The number of rotatable bonds is 4. The molecule has 0 amide bonds. The second-order valence-electron chi connectivity index (χ2n) is 5.64. The number of anilines is 1. The maximum Gasteiger partial charge on any atom is 0.193 e. The molecule has 1 heterocycles. The van der Waals surface area contributed by atoms with Crippen LogP contribution in [0.25, 0.3) is 10.6 Å². The zero-order valence-electron chi connectivity index (χ0n) is 14.2. The molecule has 0 saturated heterocycles. The zero-order chi connectivity index (χ0) is 16.9. The Hall–Kier alpha value is -1.93. The Morgan fingerprint density at radius 1 is 1.12 bits per heavy atom. The monoisotopic (exact) mass is 464 g/mol. The summed E-state index contributed by atoms with van der Waals surface area (Å²) in [6, 6.07) is 16.3. The van der Waals surface area contributed by atoms with E-state index in [-0.39, 0.29) is 24.0 Å². The third-order valence-electron chi connectivity index (χ3n) is 3.76. The quantitative estimate of drug-likeness (QED) is 0.326. The van der Waals surface area contributed by atoms with Crippen LogP contribution >= 0.6 is 35.3 Å². The summed E-state index contributed by atoms with van der Waals surface area (Å²) in [6.07, 6.45) is 0. The number of nitrogens with zero attached hydrogens (tertiary/aromatic N) is 2. The molecule has 0 spiro atoms. The first-order valence-electron chi connectivity index (χ1n) is 7.76. The average molecular weight is 464 g/mol. The van der Waals surface area contributed by atoms with Crippen molar-refractivity contribution in [3.05, 3.63) is 70.7 Å². The Balaban J connectivity index is 0.00000225. The van der Waals surface area contributed by atoms with Crippen LogP contribution in [-0.4, -0.2) is 10.9 Å². The van der Waals surface area contributed by atoms with Gasteiger partial charge in [0.15, 0.2) is 5.96 Å². The first kappa shape index (κ1) is 19.4. The number of hydrogen-bond donors (Lipinski definition) is 2. The molecule has 6 heteroatoms. The van der Waals surface area contributed by atoms with Crippen LogP contribution in [-0.2, 0) is 6.54 Å². The fourth-order valence-corrected chi connectivity index (χ4v) is 3.08. The van der Waals surface area contributed by atoms with Crippen LogP contribution in [0.2, 0.25) is 0 Å². The van der Waals surface area contributed by atoms with Gasteiger partial charge in [-0.25, -0.2) is 9.98 Å². The van der Waals surface area contributed by atoms with Gasteiger partial charge in [-0.05, 0) is 37.1 Å². The maximum atomic E-state index is 5.97. The van der Waals surface area contributed by atoms with Crippen LogP contribution < -0.4 is 11.1 Å². The van der Waals surface area contributed by atoms with Crippen molar-refractivity contribution in [3.63, 3.8) is 0 Å². The second-order valence-corrected chi connectivity index (χ2v) is 6.49. The molecular formula is C19H21IN4S. The summed E-state index contributed by atoms with van der Waals surface area (Å²) in [6.45, 7) is 4.63. The van der Waals surface area contributed by atoms with E-state index in [1.807, 2.05) is 29.6 Å². The predicted octanol–water partition coefficient (Wildman–Crippen LogP) is 4.97. The summed E-state index contributed by atoms with van der Waals surface area (Å²) in [4.78, 5) is 8.99. The minimum Gasteiger partial charge on any atom is -0.370 e. The Morgan fingerprint density at radius 2 is 1.88 bits per heavy atom. The van der Waals surface area contributed by atoms with E-state index >= 15 is 0 Å². The molecule has 0 aliphatic heterocycles. The lowest BCUT2D eigenvalue weighted by Gasteiger charge is -2.07. The van der Waals surface area contributed by atoms with Gasteiger partial charge in [-0.1, -0.05) is 36.4 Å². The SMILES string of the molecule is Cc1ccc(NC(N)=NCc2csc(-c3ccccc3)n2)cc1C.I. The lowest BCUT2D eigenvalue weighted by atomic mass is 10.1. The van der Waals surface area contributed by atoms with E-state index < -0.39 is 0 Å². The molecule has 0 fully saturated rings. The maximum absolute atomic E-state index is 5.97. The molecule has 1 aromatic heterocycles. The van der Waals surface area contributed by atoms with Crippen LogP contribution in [0.5, 0.6) is 0 Å². The highest BCUT2D eigenvalue weighted by Gasteiger charge is 2.04. The molecule has 25 heavy (non-hydrogen) atoms. The van der Waals surface area contributed by atoms with Crippen LogP contribution in [0.4, 0.5) is 5.69 Å². The molecule has 130 valence electrons. The Kier molecular flexibility index (Phi) is 6.95. The number of halogens is 1. The van der Waals surface area contributed by atoms with Gasteiger partial charge in [-0.3, -0.25) is 0 Å². The Labute approximate surface area is 169 Å². The standard InChI is InChI=1S/C19H20N4S.HI/c1-13-8-9-16(10-14(13)2)23-19(20)21-11-17-12-24-18(22-17)15-6-4-3-5-7-15;/h3-10,12H,11H2,1-2H3,(H3,20,21,23);1H. The van der Waals surface area contributed by atoms with E-state index in [4.69, 9.17) is 5.73 Å². The van der Waals surface area contributed by atoms with E-state index in [0.717, 1.165) is 22.0 Å². The van der Waals surface area contributed by atoms with Gasteiger partial charge in [-0.15, -0.1) is 35.3 Å². The highest BCUT2D eigenvalue weighted by Crippen LogP contribution is 2.23. The number of thiazole rings is 1. The zero-order valence-corrected chi connectivity index (χ0v) is 17.3. The van der Waals surface area contributed by atoms with E-state index in [9.17, 15) is 0 Å². The first-order valence-corrected chi connectivity index (χ1v) is 8.64. The van der Waals surface area contributed by atoms with Crippen molar-refractivity contribution in [1.29, 1.82) is 0 Å². The van der Waals surface area contributed by atoms with Gasteiger partial charge in [-0.2, -0.15) is 0 Å². The van der Waals surface area contributed by atoms with Gasteiger partial charge in [0.05, 0.1) is 12.2 Å². The molecule has 0 aliphatic rings. The number of benzene rings is 2. The third kappa shape index (κ3) is 5.27. The lowest BCUT2D eigenvalue weighted by Crippen LogP contribution is -2.22. The smallest absolute Gasteiger partial charge is 0.193 e. The average Bonchev–Trinajstić information content (AvgIpc) is 3.06. The van der Waals surface area contributed by atoms with Gasteiger partial charge in [0, 0.05) is 16.6 Å². The van der Waals surface area contributed by atoms with Crippen molar-refractivity contribution in [2.24, 2.45) is 10.7 Å². The molecule has 0 unspecified atom stereocenters. The van der Waals surface area contributed by atoms with Crippen LogP contribution in [0.15, 0.2) is 58.9 Å². The summed E-state index contributed by atoms with van der Waals surface area (Å²) in [5.41, 5.74) is 11.4. The minimum atomic E-state index is 0. The number of aryl methyl sites for hydroxylation is 2. The molecule has 0 atom stereocenters. The van der Waals surface area contributed by atoms with E-state index in [1.54, 1.807) is 11.3 Å². The molecule has 0 aliphatic carbocycles. The second kappa shape index (κ2) is 8.96. The highest BCUT2D eigenvalue weighted by molar-refractivity contribution is 14.0. The van der Waals surface area contributed by atoms with Gasteiger partial charge in [0.2, 0.25) is 0 Å². The molecule has 0 radical (unpaired) electrons. The van der Waals surface area contributed by atoms with Crippen molar-refractivity contribution < 1.29 is 0 Å². The molecule has 2 aromatic carbocycles. The van der Waals surface area contributed by atoms with Crippen LogP contribution in [0.1, 0.15) is 16.8 Å². The van der Waals surface area contributed by atoms with Crippen molar-refractivity contribution in [2.45, 2.75) is 20.4 Å². The van der Waals surface area contributed by atoms with Gasteiger partial charge in [0.1, 0.15) is 5.01 Å². The number of aliphatic imine (C=N–C) groups is 1. The number of nitrogens with two attached hydrogens (primary N) is 1. The minimum absolute atomic E-state index is 0. The predicted molar refractivity (Wildman–Crippen MR) is 118 cm³/mol. The van der Waals surface area contributed by atoms with E-state index in [1.165, 1.54) is 11.1 Å². The number of nitrogens with one attached hydrogen (secondary N) is 1. The molecule has 0 saturated carbocycles. The normalized spacial score (nSPS) is 11.0. The molecule has 0 bridgehead atoms. The van der Waals surface area contributed by atoms with Gasteiger partial charge >= 0.3 is 0 Å². The van der Waals surface area contributed by atoms with Gasteiger partial charge in [0.25, 0.3) is 0 Å². The van der Waals surface area contributed by atoms with Crippen LogP contribution in [0.3, 0.4) is 0 Å². The molecular weight excluding hydrogens is 443 g/mol. The van der Waals surface area contributed by atoms with Crippen molar-refractivity contribution in [1.82, 2.24) is 4.98 Å².